The lowest BCUT2D eigenvalue weighted by atomic mass is 10.0. The van der Waals surface area contributed by atoms with Crippen LogP contribution in [0.3, 0.4) is 0 Å². The van der Waals surface area contributed by atoms with Crippen molar-refractivity contribution in [1.82, 2.24) is 9.55 Å². The van der Waals surface area contributed by atoms with Crippen molar-refractivity contribution in [3.63, 3.8) is 0 Å². The Labute approximate surface area is 96.3 Å². The number of hydrogen-bond acceptors (Lipinski definition) is 2. The SMILES string of the molecule is CC(C)c1ccc2c(c1)nc(CCN)n2C. The van der Waals surface area contributed by atoms with Crippen LogP contribution in [-0.4, -0.2) is 16.1 Å². The van der Waals surface area contributed by atoms with Gasteiger partial charge in [-0.25, -0.2) is 4.98 Å². The van der Waals surface area contributed by atoms with Crippen LogP contribution < -0.4 is 5.73 Å². The van der Waals surface area contributed by atoms with Gasteiger partial charge in [-0.15, -0.1) is 0 Å². The van der Waals surface area contributed by atoms with E-state index in [1.807, 2.05) is 0 Å². The Kier molecular flexibility index (Phi) is 2.97. The van der Waals surface area contributed by atoms with Gasteiger partial charge in [0.05, 0.1) is 11.0 Å². The lowest BCUT2D eigenvalue weighted by molar-refractivity contribution is 0.794. The molecule has 0 saturated heterocycles. The van der Waals surface area contributed by atoms with Crippen LogP contribution in [0.5, 0.6) is 0 Å². The van der Waals surface area contributed by atoms with Crippen LogP contribution in [0.2, 0.25) is 0 Å². The first kappa shape index (κ1) is 11.1. The Balaban J connectivity index is 2.53. The maximum absolute atomic E-state index is 5.58. The molecule has 2 rings (SSSR count). The van der Waals surface area contributed by atoms with E-state index in [1.165, 1.54) is 11.1 Å². The lowest BCUT2D eigenvalue weighted by Crippen LogP contribution is -2.07. The molecule has 0 spiro atoms. The van der Waals surface area contributed by atoms with Gasteiger partial charge in [-0.2, -0.15) is 0 Å². The van der Waals surface area contributed by atoms with E-state index in [4.69, 9.17) is 5.73 Å². The molecule has 1 aromatic carbocycles. The Morgan fingerprint density at radius 1 is 1.38 bits per heavy atom. The van der Waals surface area contributed by atoms with Gasteiger partial charge >= 0.3 is 0 Å². The molecule has 0 radical (unpaired) electrons. The molecule has 2 N–H and O–H groups in total. The van der Waals surface area contributed by atoms with Crippen molar-refractivity contribution in [2.24, 2.45) is 12.8 Å². The van der Waals surface area contributed by atoms with E-state index in [2.05, 4.69) is 48.6 Å². The van der Waals surface area contributed by atoms with Crippen molar-refractivity contribution < 1.29 is 0 Å². The van der Waals surface area contributed by atoms with E-state index in [-0.39, 0.29) is 0 Å². The first-order chi connectivity index (χ1) is 7.63. The maximum Gasteiger partial charge on any atom is 0.110 e. The first-order valence-corrected chi connectivity index (χ1v) is 5.78. The molecule has 0 bridgehead atoms. The fourth-order valence-corrected chi connectivity index (χ4v) is 1.98. The second-order valence-electron chi connectivity index (χ2n) is 4.53. The minimum Gasteiger partial charge on any atom is -0.331 e. The molecule has 2 aromatic rings. The largest absolute Gasteiger partial charge is 0.331 e. The van der Waals surface area contributed by atoms with E-state index in [9.17, 15) is 0 Å². The zero-order valence-corrected chi connectivity index (χ0v) is 10.2. The molecular weight excluding hydrogens is 198 g/mol. The van der Waals surface area contributed by atoms with Crippen LogP contribution in [0.15, 0.2) is 18.2 Å². The lowest BCUT2D eigenvalue weighted by Gasteiger charge is -2.04. The Morgan fingerprint density at radius 2 is 2.12 bits per heavy atom. The number of rotatable bonds is 3. The summed E-state index contributed by atoms with van der Waals surface area (Å²) < 4.78 is 2.13. The van der Waals surface area contributed by atoms with E-state index in [1.54, 1.807) is 0 Å². The highest BCUT2D eigenvalue weighted by Crippen LogP contribution is 2.21. The molecule has 1 aromatic heterocycles. The van der Waals surface area contributed by atoms with Crippen molar-refractivity contribution in [2.45, 2.75) is 26.2 Å². The van der Waals surface area contributed by atoms with Crippen molar-refractivity contribution in [3.8, 4) is 0 Å². The molecule has 3 nitrogen and oxygen atoms in total. The monoisotopic (exact) mass is 217 g/mol. The van der Waals surface area contributed by atoms with Gasteiger partial charge in [-0.3, -0.25) is 0 Å². The highest BCUT2D eigenvalue weighted by molar-refractivity contribution is 5.77. The molecule has 1 heterocycles. The summed E-state index contributed by atoms with van der Waals surface area (Å²) in [6.45, 7) is 5.05. The zero-order chi connectivity index (χ0) is 11.7. The predicted octanol–water partition coefficient (Wildman–Crippen LogP) is 2.20. The molecule has 0 saturated carbocycles. The summed E-state index contributed by atoms with van der Waals surface area (Å²) in [6, 6.07) is 6.51. The Bertz CT molecular complexity index is 497. The fraction of sp³-hybridized carbons (Fsp3) is 0.462. The van der Waals surface area contributed by atoms with Gasteiger partial charge in [0.2, 0.25) is 0 Å². The summed E-state index contributed by atoms with van der Waals surface area (Å²) in [5.41, 5.74) is 9.18. The first-order valence-electron chi connectivity index (χ1n) is 5.78. The van der Waals surface area contributed by atoms with Gasteiger partial charge in [0.1, 0.15) is 5.82 Å². The average Bonchev–Trinajstić information content (AvgIpc) is 2.56. The highest BCUT2D eigenvalue weighted by Gasteiger charge is 2.08. The molecule has 16 heavy (non-hydrogen) atoms. The molecular formula is C13H19N3. The molecule has 0 aliphatic carbocycles. The number of nitrogens with zero attached hydrogens (tertiary/aromatic N) is 2. The standard InChI is InChI=1S/C13H19N3/c1-9(2)10-4-5-12-11(8-10)15-13(6-7-14)16(12)3/h4-5,8-9H,6-7,14H2,1-3H3. The van der Waals surface area contributed by atoms with Crippen molar-refractivity contribution in [1.29, 1.82) is 0 Å². The molecule has 0 fully saturated rings. The smallest absolute Gasteiger partial charge is 0.110 e. The summed E-state index contributed by atoms with van der Waals surface area (Å²) in [4.78, 5) is 4.63. The predicted molar refractivity (Wildman–Crippen MR) is 67.6 cm³/mol. The molecule has 0 unspecified atom stereocenters. The van der Waals surface area contributed by atoms with Crippen LogP contribution >= 0.6 is 0 Å². The Hall–Kier alpha value is -1.35. The number of hydrogen-bond donors (Lipinski definition) is 1. The van der Waals surface area contributed by atoms with Gasteiger partial charge in [-0.1, -0.05) is 19.9 Å². The molecule has 0 amide bonds. The fourth-order valence-electron chi connectivity index (χ4n) is 1.98. The van der Waals surface area contributed by atoms with Gasteiger partial charge in [0.15, 0.2) is 0 Å². The van der Waals surface area contributed by atoms with Crippen LogP contribution in [0.4, 0.5) is 0 Å². The highest BCUT2D eigenvalue weighted by atomic mass is 15.1. The topological polar surface area (TPSA) is 43.8 Å². The maximum atomic E-state index is 5.58. The average molecular weight is 217 g/mol. The minimum atomic E-state index is 0.546. The van der Waals surface area contributed by atoms with Crippen molar-refractivity contribution >= 4 is 11.0 Å². The van der Waals surface area contributed by atoms with Gasteiger partial charge < -0.3 is 10.3 Å². The summed E-state index contributed by atoms with van der Waals surface area (Å²) in [5, 5.41) is 0. The number of imidazole rings is 1. The second kappa shape index (κ2) is 4.26. The van der Waals surface area contributed by atoms with Crippen molar-refractivity contribution in [3.05, 3.63) is 29.6 Å². The summed E-state index contributed by atoms with van der Waals surface area (Å²) in [6.07, 6.45) is 0.836. The Morgan fingerprint density at radius 3 is 2.75 bits per heavy atom. The van der Waals surface area contributed by atoms with Crippen LogP contribution in [0, 0.1) is 0 Å². The summed E-state index contributed by atoms with van der Waals surface area (Å²) >= 11 is 0. The van der Waals surface area contributed by atoms with Crippen LogP contribution in [0.1, 0.15) is 31.2 Å². The zero-order valence-electron chi connectivity index (χ0n) is 10.2. The van der Waals surface area contributed by atoms with E-state index in [0.29, 0.717) is 12.5 Å². The van der Waals surface area contributed by atoms with E-state index in [0.717, 1.165) is 17.8 Å². The second-order valence-corrected chi connectivity index (χ2v) is 4.53. The normalized spacial score (nSPS) is 11.6. The molecule has 0 atom stereocenters. The third-order valence-corrected chi connectivity index (χ3v) is 3.03. The molecule has 0 aliphatic rings. The quantitative estimate of drug-likeness (QED) is 0.856. The van der Waals surface area contributed by atoms with Crippen LogP contribution in [-0.2, 0) is 13.5 Å². The van der Waals surface area contributed by atoms with Crippen molar-refractivity contribution in [2.75, 3.05) is 6.54 Å². The number of aromatic nitrogens is 2. The molecule has 0 aliphatic heterocycles. The van der Waals surface area contributed by atoms with E-state index < -0.39 is 0 Å². The third-order valence-electron chi connectivity index (χ3n) is 3.03. The molecule has 86 valence electrons. The summed E-state index contributed by atoms with van der Waals surface area (Å²) in [5.74, 6) is 1.61. The number of benzene rings is 1. The number of fused-ring (bicyclic) bond motifs is 1. The van der Waals surface area contributed by atoms with Crippen LogP contribution in [0.25, 0.3) is 11.0 Å². The van der Waals surface area contributed by atoms with Gasteiger partial charge in [0.25, 0.3) is 0 Å². The molecule has 3 heteroatoms. The van der Waals surface area contributed by atoms with Gasteiger partial charge in [-0.05, 0) is 30.2 Å². The number of nitrogens with two attached hydrogens (primary N) is 1. The van der Waals surface area contributed by atoms with Gasteiger partial charge in [0, 0.05) is 13.5 Å². The minimum absolute atomic E-state index is 0.546. The summed E-state index contributed by atoms with van der Waals surface area (Å²) in [7, 11) is 2.05. The third kappa shape index (κ3) is 1.83. The van der Waals surface area contributed by atoms with E-state index >= 15 is 0 Å². The number of aryl methyl sites for hydroxylation is 1.